The van der Waals surface area contributed by atoms with Crippen molar-refractivity contribution in [3.63, 3.8) is 0 Å². The first-order valence-corrected chi connectivity index (χ1v) is 7.95. The van der Waals surface area contributed by atoms with Crippen molar-refractivity contribution < 1.29 is 4.79 Å². The van der Waals surface area contributed by atoms with Gasteiger partial charge in [0.25, 0.3) is 0 Å². The number of nitrogens with zero attached hydrogens (tertiary/aromatic N) is 2. The van der Waals surface area contributed by atoms with Gasteiger partial charge in [-0.05, 0) is 12.8 Å². The lowest BCUT2D eigenvalue weighted by Gasteiger charge is -2.34. The fraction of sp³-hybridized carbons (Fsp3) is 0.714. The quantitative estimate of drug-likeness (QED) is 0.862. The maximum absolute atomic E-state index is 12.8. The Balaban J connectivity index is 2.06. The van der Waals surface area contributed by atoms with Crippen molar-refractivity contribution in [2.75, 3.05) is 13.6 Å². The molecule has 0 aliphatic heterocycles. The van der Waals surface area contributed by atoms with E-state index in [1.54, 1.807) is 21.7 Å². The number of aromatic nitrogens is 1. The first-order valence-electron chi connectivity index (χ1n) is 7.01. The molecule has 1 aliphatic rings. The average Bonchev–Trinajstić information content (AvgIpc) is 2.80. The Labute approximate surface area is 119 Å². The van der Waals surface area contributed by atoms with E-state index in [9.17, 15) is 4.79 Å². The monoisotopic (exact) mass is 281 g/mol. The summed E-state index contributed by atoms with van der Waals surface area (Å²) < 4.78 is 0. The predicted molar refractivity (Wildman–Crippen MR) is 77.8 cm³/mol. The zero-order valence-corrected chi connectivity index (χ0v) is 12.4. The average molecular weight is 281 g/mol. The van der Waals surface area contributed by atoms with Crippen LogP contribution in [-0.4, -0.2) is 29.4 Å². The van der Waals surface area contributed by atoms with E-state index in [1.165, 1.54) is 12.8 Å². The molecule has 1 aromatic heterocycles. The Bertz CT molecular complexity index is 397. The van der Waals surface area contributed by atoms with E-state index in [1.807, 2.05) is 12.4 Å². The second-order valence-corrected chi connectivity index (χ2v) is 6.26. The highest BCUT2D eigenvalue weighted by Crippen LogP contribution is 2.36. The topological polar surface area (TPSA) is 59.2 Å². The van der Waals surface area contributed by atoms with Crippen LogP contribution in [0, 0.1) is 5.41 Å². The van der Waals surface area contributed by atoms with Gasteiger partial charge in [-0.3, -0.25) is 4.79 Å². The van der Waals surface area contributed by atoms with Gasteiger partial charge in [-0.2, -0.15) is 0 Å². The molecule has 0 aromatic carbocycles. The molecular formula is C14H23N3OS. The summed E-state index contributed by atoms with van der Waals surface area (Å²) in [5.41, 5.74) is 8.39. The highest BCUT2D eigenvalue weighted by molar-refractivity contribution is 7.07. The van der Waals surface area contributed by atoms with Gasteiger partial charge in [-0.25, -0.2) is 4.98 Å². The van der Waals surface area contributed by atoms with Crippen molar-refractivity contribution in [3.05, 3.63) is 16.6 Å². The van der Waals surface area contributed by atoms with Crippen LogP contribution < -0.4 is 5.73 Å². The standard InChI is InChI=1S/C14H23N3OS/c1-17(8-12-9-19-11-16-12)13(18)14(10-15)6-4-2-3-5-7-14/h9,11H,2-8,10,15H2,1H3. The maximum atomic E-state index is 12.8. The Morgan fingerprint density at radius 1 is 1.42 bits per heavy atom. The molecular weight excluding hydrogens is 258 g/mol. The summed E-state index contributed by atoms with van der Waals surface area (Å²) in [5, 5.41) is 1.99. The molecule has 0 radical (unpaired) electrons. The van der Waals surface area contributed by atoms with E-state index in [2.05, 4.69) is 4.98 Å². The summed E-state index contributed by atoms with van der Waals surface area (Å²) >= 11 is 1.56. The SMILES string of the molecule is CN(Cc1cscn1)C(=O)C1(CN)CCCCCC1. The van der Waals surface area contributed by atoms with Crippen LogP contribution in [0.1, 0.15) is 44.2 Å². The molecule has 1 heterocycles. The van der Waals surface area contributed by atoms with Crippen molar-refractivity contribution in [1.82, 2.24) is 9.88 Å². The van der Waals surface area contributed by atoms with Gasteiger partial charge in [0.15, 0.2) is 0 Å². The summed E-state index contributed by atoms with van der Waals surface area (Å²) in [6.45, 7) is 1.05. The van der Waals surface area contributed by atoms with Crippen LogP contribution in [0.5, 0.6) is 0 Å². The zero-order valence-electron chi connectivity index (χ0n) is 11.6. The highest BCUT2D eigenvalue weighted by Gasteiger charge is 2.39. The molecule has 2 N–H and O–H groups in total. The second-order valence-electron chi connectivity index (χ2n) is 5.54. The minimum Gasteiger partial charge on any atom is -0.339 e. The summed E-state index contributed by atoms with van der Waals surface area (Å²) in [6, 6.07) is 0. The predicted octanol–water partition coefficient (Wildman–Crippen LogP) is 2.40. The number of nitrogens with two attached hydrogens (primary N) is 1. The van der Waals surface area contributed by atoms with Gasteiger partial charge in [-0.1, -0.05) is 25.7 Å². The van der Waals surface area contributed by atoms with Crippen LogP contribution in [0.3, 0.4) is 0 Å². The van der Waals surface area contributed by atoms with Gasteiger partial charge in [0, 0.05) is 19.0 Å². The van der Waals surface area contributed by atoms with Crippen LogP contribution in [0.2, 0.25) is 0 Å². The van der Waals surface area contributed by atoms with Gasteiger partial charge in [0.1, 0.15) is 0 Å². The third-order valence-corrected chi connectivity index (χ3v) is 4.77. The third kappa shape index (κ3) is 3.34. The number of carbonyl (C=O) groups is 1. The van der Waals surface area contributed by atoms with Gasteiger partial charge in [0.05, 0.1) is 23.2 Å². The molecule has 0 spiro atoms. The van der Waals surface area contributed by atoms with Crippen LogP contribution in [0.4, 0.5) is 0 Å². The molecule has 19 heavy (non-hydrogen) atoms. The number of amides is 1. The number of hydrogen-bond donors (Lipinski definition) is 1. The summed E-state index contributed by atoms with van der Waals surface area (Å²) in [4.78, 5) is 18.8. The van der Waals surface area contributed by atoms with Gasteiger partial charge in [0.2, 0.25) is 5.91 Å². The fourth-order valence-electron chi connectivity index (χ4n) is 2.95. The van der Waals surface area contributed by atoms with Crippen LogP contribution in [0.25, 0.3) is 0 Å². The van der Waals surface area contributed by atoms with E-state index >= 15 is 0 Å². The Kier molecular flexibility index (Phi) is 4.93. The normalized spacial score (nSPS) is 18.8. The van der Waals surface area contributed by atoms with Gasteiger partial charge in [-0.15, -0.1) is 11.3 Å². The second kappa shape index (κ2) is 6.48. The first-order chi connectivity index (χ1) is 9.18. The molecule has 0 atom stereocenters. The molecule has 1 saturated carbocycles. The Morgan fingerprint density at radius 2 is 2.11 bits per heavy atom. The number of rotatable bonds is 4. The smallest absolute Gasteiger partial charge is 0.230 e. The summed E-state index contributed by atoms with van der Waals surface area (Å²) in [6.07, 6.45) is 6.56. The maximum Gasteiger partial charge on any atom is 0.230 e. The molecule has 106 valence electrons. The minimum absolute atomic E-state index is 0.199. The molecule has 1 amide bonds. The molecule has 1 aliphatic carbocycles. The molecule has 0 unspecified atom stereocenters. The lowest BCUT2D eigenvalue weighted by atomic mass is 9.79. The van der Waals surface area contributed by atoms with Crippen molar-refractivity contribution in [2.24, 2.45) is 11.1 Å². The largest absolute Gasteiger partial charge is 0.339 e. The Morgan fingerprint density at radius 3 is 2.63 bits per heavy atom. The molecule has 4 nitrogen and oxygen atoms in total. The van der Waals surface area contributed by atoms with E-state index in [4.69, 9.17) is 5.73 Å². The highest BCUT2D eigenvalue weighted by atomic mass is 32.1. The van der Waals surface area contributed by atoms with Crippen molar-refractivity contribution in [3.8, 4) is 0 Å². The molecule has 1 fully saturated rings. The van der Waals surface area contributed by atoms with Crippen LogP contribution in [-0.2, 0) is 11.3 Å². The number of hydrogen-bond acceptors (Lipinski definition) is 4. The number of carbonyl (C=O) groups excluding carboxylic acids is 1. The van der Waals surface area contributed by atoms with Gasteiger partial charge < -0.3 is 10.6 Å². The molecule has 1 aromatic rings. The summed E-state index contributed by atoms with van der Waals surface area (Å²) in [5.74, 6) is 0.199. The summed E-state index contributed by atoms with van der Waals surface area (Å²) in [7, 11) is 1.87. The van der Waals surface area contributed by atoms with E-state index in [0.29, 0.717) is 13.1 Å². The zero-order chi connectivity index (χ0) is 13.7. The van der Waals surface area contributed by atoms with Gasteiger partial charge >= 0.3 is 0 Å². The minimum atomic E-state index is -0.332. The molecule has 5 heteroatoms. The van der Waals surface area contributed by atoms with Crippen molar-refractivity contribution >= 4 is 17.2 Å². The first kappa shape index (κ1) is 14.5. The van der Waals surface area contributed by atoms with Crippen molar-refractivity contribution in [2.45, 2.75) is 45.1 Å². The lowest BCUT2D eigenvalue weighted by molar-refractivity contribution is -0.141. The number of thiazole rings is 1. The fourth-order valence-corrected chi connectivity index (χ4v) is 3.50. The van der Waals surface area contributed by atoms with E-state index in [0.717, 1.165) is 31.4 Å². The third-order valence-electron chi connectivity index (χ3n) is 4.13. The van der Waals surface area contributed by atoms with Crippen LogP contribution >= 0.6 is 11.3 Å². The lowest BCUT2D eigenvalue weighted by Crippen LogP contribution is -2.46. The van der Waals surface area contributed by atoms with Crippen LogP contribution in [0.15, 0.2) is 10.9 Å². The van der Waals surface area contributed by atoms with Crippen molar-refractivity contribution in [1.29, 1.82) is 0 Å². The Hall–Kier alpha value is -0.940. The molecule has 0 saturated heterocycles. The van der Waals surface area contributed by atoms with E-state index < -0.39 is 0 Å². The molecule has 0 bridgehead atoms. The van der Waals surface area contributed by atoms with E-state index in [-0.39, 0.29) is 11.3 Å². The molecule has 2 rings (SSSR count).